The molecule has 6 heteroatoms. The average molecular weight is 1010 g/mol. The van der Waals surface area contributed by atoms with Gasteiger partial charge in [-0.25, -0.2) is 0 Å². The third-order valence-electron chi connectivity index (χ3n) is 22.1. The van der Waals surface area contributed by atoms with E-state index in [1.807, 2.05) is 0 Å². The monoisotopic (exact) mass is 1000 g/mol. The van der Waals surface area contributed by atoms with Gasteiger partial charge in [-0.05, 0) is 214 Å². The van der Waals surface area contributed by atoms with Crippen LogP contribution in [0, 0.1) is 47.3 Å². The second-order valence-corrected chi connectivity index (χ2v) is 27.0. The van der Waals surface area contributed by atoms with Crippen LogP contribution in [0.4, 0.5) is 0 Å². The third-order valence-corrected chi connectivity index (χ3v) is 22.1. The van der Waals surface area contributed by atoms with Crippen LogP contribution in [0.3, 0.4) is 0 Å². The lowest BCUT2D eigenvalue weighted by molar-refractivity contribution is -0.212. The van der Waals surface area contributed by atoms with Crippen LogP contribution in [0.25, 0.3) is 0 Å². The second-order valence-electron chi connectivity index (χ2n) is 27.0. The number of hydrogen-bond donors (Lipinski definition) is 0. The number of rotatable bonds is 30. The minimum atomic E-state index is 0.423. The van der Waals surface area contributed by atoms with Gasteiger partial charge in [0.1, 0.15) is 0 Å². The maximum absolute atomic E-state index is 7.40. The van der Waals surface area contributed by atoms with Crippen molar-refractivity contribution in [1.82, 2.24) is 9.80 Å². The normalized spacial score (nSPS) is 39.3. The van der Waals surface area contributed by atoms with Crippen LogP contribution in [0.5, 0.6) is 0 Å². The lowest BCUT2D eigenvalue weighted by atomic mass is 9.45. The number of ether oxygens (including phenoxy) is 4. The molecule has 10 unspecified atom stereocenters. The quantitative estimate of drug-likeness (QED) is 0.0668. The van der Waals surface area contributed by atoms with Gasteiger partial charge >= 0.3 is 0 Å². The van der Waals surface area contributed by atoms with E-state index in [2.05, 4.69) is 51.3 Å². The summed E-state index contributed by atoms with van der Waals surface area (Å²) in [4.78, 5) is 6.68. The molecule has 6 nitrogen and oxygen atoms in total. The molecule has 418 valence electrons. The molecule has 8 rings (SSSR count). The van der Waals surface area contributed by atoms with E-state index in [-0.39, 0.29) is 0 Å². The second kappa shape index (κ2) is 30.8. The summed E-state index contributed by atoms with van der Waals surface area (Å²) in [5.41, 5.74) is 0. The summed E-state index contributed by atoms with van der Waals surface area (Å²) in [6, 6.07) is 4.27. The van der Waals surface area contributed by atoms with Crippen molar-refractivity contribution < 1.29 is 18.9 Å². The highest BCUT2D eigenvalue weighted by Crippen LogP contribution is 2.63. The van der Waals surface area contributed by atoms with Gasteiger partial charge < -0.3 is 18.9 Å². The Labute approximate surface area is 446 Å². The van der Waals surface area contributed by atoms with Gasteiger partial charge in [0.25, 0.3) is 0 Å². The van der Waals surface area contributed by atoms with E-state index in [1.54, 1.807) is 0 Å². The number of nitrogens with zero attached hydrogens (tertiary/aromatic N) is 2. The molecule has 0 spiro atoms. The fourth-order valence-corrected chi connectivity index (χ4v) is 18.1. The molecule has 0 aromatic rings. The zero-order valence-corrected chi connectivity index (χ0v) is 48.6. The van der Waals surface area contributed by atoms with Crippen molar-refractivity contribution in [2.75, 3.05) is 26.4 Å². The van der Waals surface area contributed by atoms with Crippen molar-refractivity contribution in [3.8, 4) is 0 Å². The Kier molecular flexibility index (Phi) is 24.8. The summed E-state index contributed by atoms with van der Waals surface area (Å²) in [5, 5.41) is 0. The first-order valence-electron chi connectivity index (χ1n) is 33.4. The molecule has 8 aliphatic rings. The molecule has 8 aliphatic carbocycles. The molecular formula is C66H120N2O4. The van der Waals surface area contributed by atoms with Crippen molar-refractivity contribution in [2.45, 2.75) is 346 Å². The minimum absolute atomic E-state index is 0.423. The third kappa shape index (κ3) is 15.5. The fraction of sp³-hybridized carbons (Fsp3) is 1.00. The summed E-state index contributed by atoms with van der Waals surface area (Å²) in [7, 11) is 0. The maximum atomic E-state index is 7.40. The van der Waals surface area contributed by atoms with E-state index in [9.17, 15) is 0 Å². The lowest BCUT2D eigenvalue weighted by Gasteiger charge is -2.66. The first kappa shape index (κ1) is 57.9. The van der Waals surface area contributed by atoms with E-state index in [0.29, 0.717) is 48.6 Å². The van der Waals surface area contributed by atoms with Crippen molar-refractivity contribution in [3.63, 3.8) is 0 Å². The molecule has 0 saturated heterocycles. The van der Waals surface area contributed by atoms with Crippen molar-refractivity contribution in [1.29, 1.82) is 0 Å². The van der Waals surface area contributed by atoms with Crippen LogP contribution >= 0.6 is 0 Å². The molecule has 0 amide bonds. The lowest BCUT2D eigenvalue weighted by Crippen LogP contribution is -2.68. The Morgan fingerprint density at radius 3 is 0.972 bits per heavy atom. The molecule has 0 aromatic heterocycles. The van der Waals surface area contributed by atoms with Gasteiger partial charge in [0.05, 0.1) is 24.4 Å². The highest BCUT2D eigenvalue weighted by atomic mass is 16.5. The highest BCUT2D eigenvalue weighted by Gasteiger charge is 2.62. The Morgan fingerprint density at radius 1 is 0.306 bits per heavy atom. The minimum Gasteiger partial charge on any atom is -0.378 e. The van der Waals surface area contributed by atoms with Gasteiger partial charge in [0.2, 0.25) is 0 Å². The molecular weight excluding hydrogens is 885 g/mol. The van der Waals surface area contributed by atoms with E-state index >= 15 is 0 Å². The zero-order valence-electron chi connectivity index (χ0n) is 48.6. The van der Waals surface area contributed by atoms with E-state index in [0.717, 1.165) is 85.9 Å². The van der Waals surface area contributed by atoms with Gasteiger partial charge in [-0.15, -0.1) is 0 Å². The summed E-state index contributed by atoms with van der Waals surface area (Å²) in [6.07, 6.45) is 53.0. The topological polar surface area (TPSA) is 43.4 Å². The SMILES string of the molecule is CCCCCCCCOC1CCC(N(C2CCC(C)CC2)C2CC(OCCCC)C3CCC4C5C(CCC2C35)C(OCCCC)CC4N(C2CCC(C)CC2)C2CCC(OCCCCCCCC)CC2)CC1. The van der Waals surface area contributed by atoms with Crippen LogP contribution in [-0.4, -0.2) is 96.9 Å². The van der Waals surface area contributed by atoms with Gasteiger partial charge in [0, 0.05) is 62.7 Å². The molecule has 0 aliphatic heterocycles. The Hall–Kier alpha value is -0.240. The summed E-state index contributed by atoms with van der Waals surface area (Å²) in [6.45, 7) is 18.4. The molecule has 72 heavy (non-hydrogen) atoms. The van der Waals surface area contributed by atoms with Crippen LogP contribution in [0.15, 0.2) is 0 Å². The molecule has 8 fully saturated rings. The maximum Gasteiger partial charge on any atom is 0.0621 e. The van der Waals surface area contributed by atoms with Crippen LogP contribution in [0.1, 0.15) is 286 Å². The predicted molar refractivity (Wildman–Crippen MR) is 303 cm³/mol. The molecule has 0 radical (unpaired) electrons. The van der Waals surface area contributed by atoms with E-state index in [4.69, 9.17) is 18.9 Å². The summed E-state index contributed by atoms with van der Waals surface area (Å²) < 4.78 is 28.2. The van der Waals surface area contributed by atoms with Crippen molar-refractivity contribution >= 4 is 0 Å². The van der Waals surface area contributed by atoms with Gasteiger partial charge in [-0.3, -0.25) is 9.80 Å². The first-order valence-corrected chi connectivity index (χ1v) is 33.4. The van der Waals surface area contributed by atoms with Crippen LogP contribution in [0.2, 0.25) is 0 Å². The largest absolute Gasteiger partial charge is 0.378 e. The predicted octanol–water partition coefficient (Wildman–Crippen LogP) is 17.3. The molecule has 0 aromatic carbocycles. The molecule has 0 heterocycles. The molecule has 10 atom stereocenters. The zero-order chi connectivity index (χ0) is 50.1. The van der Waals surface area contributed by atoms with Crippen LogP contribution < -0.4 is 0 Å². The Morgan fingerprint density at radius 2 is 0.611 bits per heavy atom. The Balaban J connectivity index is 1.05. The standard InChI is InChI=1S/C66H120N2O4/c1-7-11-15-17-19-21-45-69-55-35-31-53(32-36-55)67(51-27-23-49(5)24-28-51)61-47-63(71-43-13-9-3)59-42-40-58-62(48-64(72-44-14-10-4)60-41-39-57(61)65(59)66(58)60)68(52-29-25-50(6)26-30-52)54-33-37-56(38-34-54)70-46-22-20-18-16-12-8-2/h49-66H,7-48H2,1-6H3. The van der Waals surface area contributed by atoms with Crippen LogP contribution in [-0.2, 0) is 18.9 Å². The van der Waals surface area contributed by atoms with E-state index < -0.39 is 0 Å². The molecule has 0 bridgehead atoms. The van der Waals surface area contributed by atoms with Gasteiger partial charge in [-0.1, -0.05) is 119 Å². The number of unbranched alkanes of at least 4 members (excludes halogenated alkanes) is 12. The van der Waals surface area contributed by atoms with Crippen molar-refractivity contribution in [3.05, 3.63) is 0 Å². The smallest absolute Gasteiger partial charge is 0.0621 e. The first-order chi connectivity index (χ1) is 35.4. The Bertz CT molecular complexity index is 1320. The van der Waals surface area contributed by atoms with Gasteiger partial charge in [0.15, 0.2) is 0 Å². The van der Waals surface area contributed by atoms with Crippen molar-refractivity contribution in [2.24, 2.45) is 47.3 Å². The summed E-state index contributed by atoms with van der Waals surface area (Å²) in [5.74, 6) is 6.42. The van der Waals surface area contributed by atoms with E-state index in [1.165, 1.54) is 244 Å². The van der Waals surface area contributed by atoms with Gasteiger partial charge in [-0.2, -0.15) is 0 Å². The average Bonchev–Trinajstić information content (AvgIpc) is 3.40. The number of hydrogen-bond acceptors (Lipinski definition) is 6. The highest BCUT2D eigenvalue weighted by molar-refractivity contribution is 5.13. The summed E-state index contributed by atoms with van der Waals surface area (Å²) >= 11 is 0. The fourth-order valence-electron chi connectivity index (χ4n) is 18.1. The molecule has 0 N–H and O–H groups in total. The molecule has 8 saturated carbocycles.